The van der Waals surface area contributed by atoms with Gasteiger partial charge in [0.1, 0.15) is 11.5 Å². The molecule has 0 spiro atoms. The number of aliphatic hydroxyl groups is 1. The summed E-state index contributed by atoms with van der Waals surface area (Å²) < 4.78 is 5.78. The summed E-state index contributed by atoms with van der Waals surface area (Å²) >= 11 is 0. The number of benzene rings is 2. The van der Waals surface area contributed by atoms with Gasteiger partial charge in [-0.15, -0.1) is 0 Å². The van der Waals surface area contributed by atoms with Crippen LogP contribution in [0, 0.1) is 6.92 Å². The third-order valence-corrected chi connectivity index (χ3v) is 5.47. The maximum Gasteiger partial charge on any atom is 0.295 e. The molecule has 0 saturated carbocycles. The van der Waals surface area contributed by atoms with Crippen molar-refractivity contribution in [2.24, 2.45) is 0 Å². The predicted octanol–water partition coefficient (Wildman–Crippen LogP) is 4.16. The molecular formula is C26H32N2O4. The highest BCUT2D eigenvalue weighted by molar-refractivity contribution is 6.46. The van der Waals surface area contributed by atoms with E-state index in [2.05, 4.69) is 0 Å². The molecule has 0 bridgehead atoms. The first-order chi connectivity index (χ1) is 15.2. The van der Waals surface area contributed by atoms with E-state index in [1.165, 1.54) is 0 Å². The Hall–Kier alpha value is -3.12. The number of nitrogens with zero attached hydrogens (tertiary/aromatic N) is 2. The first kappa shape index (κ1) is 23.5. The highest BCUT2D eigenvalue weighted by Gasteiger charge is 2.45. The number of hydrogen-bond donors (Lipinski definition) is 1. The normalized spacial score (nSPS) is 18.1. The number of ether oxygens (including phenoxy) is 1. The van der Waals surface area contributed by atoms with Gasteiger partial charge < -0.3 is 19.6 Å². The lowest BCUT2D eigenvalue weighted by atomic mass is 9.95. The van der Waals surface area contributed by atoms with Crippen LogP contribution in [0.25, 0.3) is 5.76 Å². The SMILES string of the molecule is Cc1cc(C(O)=C2C(=O)C(=O)N(CCCN(C)C)[C@H]2c2ccccc2)ccc1OC(C)C. The molecule has 1 amide bonds. The minimum Gasteiger partial charge on any atom is -0.507 e. The average Bonchev–Trinajstić information content (AvgIpc) is 2.99. The highest BCUT2D eigenvalue weighted by atomic mass is 16.5. The zero-order valence-electron chi connectivity index (χ0n) is 19.5. The molecule has 1 heterocycles. The number of aryl methyl sites for hydroxylation is 1. The molecule has 0 aliphatic carbocycles. The van der Waals surface area contributed by atoms with Gasteiger partial charge in [-0.3, -0.25) is 9.59 Å². The largest absolute Gasteiger partial charge is 0.507 e. The number of carbonyl (C=O) groups is 2. The topological polar surface area (TPSA) is 70.1 Å². The molecule has 1 atom stereocenters. The van der Waals surface area contributed by atoms with E-state index >= 15 is 0 Å². The minimum absolute atomic E-state index is 0.0266. The van der Waals surface area contributed by atoms with E-state index in [9.17, 15) is 14.7 Å². The summed E-state index contributed by atoms with van der Waals surface area (Å²) in [5.41, 5.74) is 2.27. The Morgan fingerprint density at radius 3 is 2.41 bits per heavy atom. The second kappa shape index (κ2) is 10.0. The van der Waals surface area contributed by atoms with Crippen LogP contribution in [0.3, 0.4) is 0 Å². The van der Waals surface area contributed by atoms with Crippen LogP contribution >= 0.6 is 0 Å². The molecule has 1 N–H and O–H groups in total. The highest BCUT2D eigenvalue weighted by Crippen LogP contribution is 2.39. The molecule has 1 saturated heterocycles. The van der Waals surface area contributed by atoms with Gasteiger partial charge in [0.05, 0.1) is 17.7 Å². The Morgan fingerprint density at radius 1 is 1.12 bits per heavy atom. The molecular weight excluding hydrogens is 404 g/mol. The van der Waals surface area contributed by atoms with Crippen LogP contribution in [0.5, 0.6) is 5.75 Å². The van der Waals surface area contributed by atoms with Crippen LogP contribution in [-0.4, -0.2) is 59.9 Å². The molecule has 3 rings (SSSR count). The van der Waals surface area contributed by atoms with Crippen LogP contribution in [0.2, 0.25) is 0 Å². The number of aliphatic hydroxyl groups excluding tert-OH is 1. The van der Waals surface area contributed by atoms with Gasteiger partial charge in [0.25, 0.3) is 11.7 Å². The molecule has 2 aromatic rings. The maximum absolute atomic E-state index is 13.1. The minimum atomic E-state index is -0.652. The van der Waals surface area contributed by atoms with Gasteiger partial charge >= 0.3 is 0 Å². The van der Waals surface area contributed by atoms with E-state index in [1.54, 1.807) is 23.1 Å². The van der Waals surface area contributed by atoms with Crippen molar-refractivity contribution in [3.63, 3.8) is 0 Å². The van der Waals surface area contributed by atoms with E-state index in [1.807, 2.05) is 70.1 Å². The van der Waals surface area contributed by atoms with Crippen LogP contribution in [0.15, 0.2) is 54.1 Å². The fraction of sp³-hybridized carbons (Fsp3) is 0.385. The van der Waals surface area contributed by atoms with Gasteiger partial charge in [0, 0.05) is 12.1 Å². The summed E-state index contributed by atoms with van der Waals surface area (Å²) in [6.45, 7) is 7.01. The Bertz CT molecular complexity index is 1010. The standard InChI is InChI=1S/C26H32N2O4/c1-17(2)32-21-13-12-20(16-18(21)3)24(29)22-23(19-10-7-6-8-11-19)28(26(31)25(22)30)15-9-14-27(4)5/h6-8,10-13,16-17,23,29H,9,14-15H2,1-5H3/t23-/m0/s1. The van der Waals surface area contributed by atoms with E-state index in [4.69, 9.17) is 4.74 Å². The predicted molar refractivity (Wildman–Crippen MR) is 126 cm³/mol. The van der Waals surface area contributed by atoms with Crippen molar-refractivity contribution in [3.8, 4) is 5.75 Å². The van der Waals surface area contributed by atoms with Crippen molar-refractivity contribution in [1.82, 2.24) is 9.80 Å². The van der Waals surface area contributed by atoms with Crippen LogP contribution in [0.4, 0.5) is 0 Å². The molecule has 2 aromatic carbocycles. The summed E-state index contributed by atoms with van der Waals surface area (Å²) in [4.78, 5) is 29.6. The molecule has 6 nitrogen and oxygen atoms in total. The monoisotopic (exact) mass is 436 g/mol. The van der Waals surface area contributed by atoms with Crippen LogP contribution < -0.4 is 4.74 Å². The number of amides is 1. The van der Waals surface area contributed by atoms with E-state index in [0.717, 1.165) is 29.8 Å². The zero-order valence-corrected chi connectivity index (χ0v) is 19.5. The first-order valence-electron chi connectivity index (χ1n) is 11.0. The molecule has 6 heteroatoms. The number of rotatable bonds is 8. The quantitative estimate of drug-likeness (QED) is 0.382. The lowest BCUT2D eigenvalue weighted by Crippen LogP contribution is -2.32. The molecule has 1 aliphatic heterocycles. The van der Waals surface area contributed by atoms with Crippen molar-refractivity contribution < 1.29 is 19.4 Å². The van der Waals surface area contributed by atoms with E-state index < -0.39 is 17.7 Å². The smallest absolute Gasteiger partial charge is 0.295 e. The summed E-state index contributed by atoms with van der Waals surface area (Å²) in [6, 6.07) is 14.1. The Labute approximate surface area is 190 Å². The third-order valence-electron chi connectivity index (χ3n) is 5.47. The number of hydrogen-bond acceptors (Lipinski definition) is 5. The van der Waals surface area contributed by atoms with Crippen molar-refractivity contribution in [3.05, 3.63) is 70.8 Å². The average molecular weight is 437 g/mol. The number of carbonyl (C=O) groups excluding carboxylic acids is 2. The Morgan fingerprint density at radius 2 is 1.81 bits per heavy atom. The maximum atomic E-state index is 13.1. The number of ketones is 1. The van der Waals surface area contributed by atoms with Crippen LogP contribution in [-0.2, 0) is 9.59 Å². The lowest BCUT2D eigenvalue weighted by molar-refractivity contribution is -0.139. The molecule has 170 valence electrons. The molecule has 0 unspecified atom stereocenters. The first-order valence-corrected chi connectivity index (χ1v) is 11.0. The summed E-state index contributed by atoms with van der Waals surface area (Å²) in [5, 5.41) is 11.2. The summed E-state index contributed by atoms with van der Waals surface area (Å²) in [5.74, 6) is -0.663. The molecule has 1 aliphatic rings. The van der Waals surface area contributed by atoms with Crippen molar-refractivity contribution >= 4 is 17.4 Å². The number of likely N-dealkylation sites (tertiary alicyclic amines) is 1. The third kappa shape index (κ3) is 5.02. The van der Waals surface area contributed by atoms with Crippen LogP contribution in [0.1, 0.15) is 43.0 Å². The lowest BCUT2D eigenvalue weighted by Gasteiger charge is -2.26. The Balaban J connectivity index is 2.05. The van der Waals surface area contributed by atoms with Gasteiger partial charge in [0.15, 0.2) is 0 Å². The molecule has 0 radical (unpaired) electrons. The second-order valence-corrected chi connectivity index (χ2v) is 8.71. The zero-order chi connectivity index (χ0) is 23.4. The van der Waals surface area contributed by atoms with Crippen molar-refractivity contribution in [1.29, 1.82) is 0 Å². The van der Waals surface area contributed by atoms with Crippen molar-refractivity contribution in [2.45, 2.75) is 39.3 Å². The van der Waals surface area contributed by atoms with Crippen molar-refractivity contribution in [2.75, 3.05) is 27.2 Å². The van der Waals surface area contributed by atoms with Gasteiger partial charge in [-0.05, 0) is 77.2 Å². The van der Waals surface area contributed by atoms with Gasteiger partial charge in [-0.2, -0.15) is 0 Å². The number of Topliss-reactive ketones (excluding diaryl/α,β-unsaturated/α-hetero) is 1. The van der Waals surface area contributed by atoms with E-state index in [0.29, 0.717) is 12.1 Å². The second-order valence-electron chi connectivity index (χ2n) is 8.71. The molecule has 0 aromatic heterocycles. The summed E-state index contributed by atoms with van der Waals surface area (Å²) in [7, 11) is 3.94. The van der Waals surface area contributed by atoms with Gasteiger partial charge in [0.2, 0.25) is 0 Å². The van der Waals surface area contributed by atoms with Gasteiger partial charge in [-0.1, -0.05) is 30.3 Å². The van der Waals surface area contributed by atoms with E-state index in [-0.39, 0.29) is 17.4 Å². The summed E-state index contributed by atoms with van der Waals surface area (Å²) in [6.07, 6.45) is 0.753. The fourth-order valence-electron chi connectivity index (χ4n) is 3.99. The molecule has 1 fully saturated rings. The Kier molecular flexibility index (Phi) is 7.36. The molecule has 32 heavy (non-hydrogen) atoms. The fourth-order valence-corrected chi connectivity index (χ4v) is 3.99. The van der Waals surface area contributed by atoms with Gasteiger partial charge in [-0.25, -0.2) is 0 Å².